The van der Waals surface area contributed by atoms with Gasteiger partial charge in [0.2, 0.25) is 0 Å². The molecule has 17 heavy (non-hydrogen) atoms. The SMILES string of the molecule is CC(=O)c1cc(Br)ccc1OCC1CCOC1. The molecule has 2 rings (SSSR count). The lowest BCUT2D eigenvalue weighted by Gasteiger charge is -2.13. The number of hydrogen-bond acceptors (Lipinski definition) is 3. The van der Waals surface area contributed by atoms with Gasteiger partial charge in [-0.1, -0.05) is 15.9 Å². The fraction of sp³-hybridized carbons (Fsp3) is 0.462. The molecule has 0 amide bonds. The van der Waals surface area contributed by atoms with E-state index < -0.39 is 0 Å². The van der Waals surface area contributed by atoms with Crippen LogP contribution < -0.4 is 4.74 Å². The molecule has 0 N–H and O–H groups in total. The topological polar surface area (TPSA) is 35.5 Å². The van der Waals surface area contributed by atoms with Gasteiger partial charge in [-0.2, -0.15) is 0 Å². The highest BCUT2D eigenvalue weighted by molar-refractivity contribution is 9.10. The van der Waals surface area contributed by atoms with Crippen molar-refractivity contribution >= 4 is 21.7 Å². The molecule has 0 aliphatic carbocycles. The Morgan fingerprint density at radius 2 is 2.41 bits per heavy atom. The number of ether oxygens (including phenoxy) is 2. The van der Waals surface area contributed by atoms with Gasteiger partial charge in [0.1, 0.15) is 5.75 Å². The number of halogens is 1. The van der Waals surface area contributed by atoms with E-state index in [0.29, 0.717) is 23.8 Å². The van der Waals surface area contributed by atoms with Crippen molar-refractivity contribution < 1.29 is 14.3 Å². The van der Waals surface area contributed by atoms with Gasteiger partial charge in [-0.05, 0) is 31.5 Å². The molecule has 0 radical (unpaired) electrons. The van der Waals surface area contributed by atoms with Crippen molar-refractivity contribution in [2.24, 2.45) is 5.92 Å². The van der Waals surface area contributed by atoms with Gasteiger partial charge in [-0.15, -0.1) is 0 Å². The summed E-state index contributed by atoms with van der Waals surface area (Å²) in [5.41, 5.74) is 0.623. The molecule has 0 aromatic heterocycles. The second-order valence-corrected chi connectivity index (χ2v) is 5.15. The Kier molecular flexibility index (Phi) is 4.18. The van der Waals surface area contributed by atoms with Crippen molar-refractivity contribution in [2.45, 2.75) is 13.3 Å². The van der Waals surface area contributed by atoms with Crippen molar-refractivity contribution in [3.8, 4) is 5.75 Å². The molecule has 0 saturated carbocycles. The summed E-state index contributed by atoms with van der Waals surface area (Å²) in [4.78, 5) is 11.5. The number of hydrogen-bond donors (Lipinski definition) is 0. The number of carbonyl (C=O) groups excluding carboxylic acids is 1. The number of Topliss-reactive ketones (excluding diaryl/α,β-unsaturated/α-hetero) is 1. The summed E-state index contributed by atoms with van der Waals surface area (Å²) < 4.78 is 11.9. The zero-order valence-corrected chi connectivity index (χ0v) is 11.3. The molecule has 1 aromatic rings. The lowest BCUT2D eigenvalue weighted by atomic mass is 10.1. The number of rotatable bonds is 4. The molecule has 4 heteroatoms. The first-order valence-corrected chi connectivity index (χ1v) is 6.47. The Bertz CT molecular complexity index is 411. The summed E-state index contributed by atoms with van der Waals surface area (Å²) in [5, 5.41) is 0. The van der Waals surface area contributed by atoms with E-state index >= 15 is 0 Å². The lowest BCUT2D eigenvalue weighted by molar-refractivity contribution is 0.101. The number of benzene rings is 1. The van der Waals surface area contributed by atoms with E-state index in [2.05, 4.69) is 15.9 Å². The van der Waals surface area contributed by atoms with Gasteiger partial charge in [0.25, 0.3) is 0 Å². The van der Waals surface area contributed by atoms with Gasteiger partial charge in [-0.25, -0.2) is 0 Å². The molecule has 1 aromatic carbocycles. The molecule has 0 spiro atoms. The minimum Gasteiger partial charge on any atom is -0.492 e. The van der Waals surface area contributed by atoms with E-state index in [1.54, 1.807) is 13.0 Å². The number of ketones is 1. The molecule has 1 aliphatic rings. The Balaban J connectivity index is 2.06. The van der Waals surface area contributed by atoms with Crippen LogP contribution in [0, 0.1) is 5.92 Å². The molecule has 1 aliphatic heterocycles. The molecule has 0 bridgehead atoms. The molecular weight excluding hydrogens is 284 g/mol. The largest absolute Gasteiger partial charge is 0.492 e. The zero-order chi connectivity index (χ0) is 12.3. The van der Waals surface area contributed by atoms with Crippen LogP contribution in [0.1, 0.15) is 23.7 Å². The molecule has 1 fully saturated rings. The molecule has 92 valence electrons. The summed E-state index contributed by atoms with van der Waals surface area (Å²) in [6, 6.07) is 5.51. The predicted molar refractivity (Wildman–Crippen MR) is 68.6 cm³/mol. The first kappa shape index (κ1) is 12.6. The molecule has 1 atom stereocenters. The van der Waals surface area contributed by atoms with E-state index in [4.69, 9.17) is 9.47 Å². The summed E-state index contributed by atoms with van der Waals surface area (Å²) in [7, 11) is 0. The van der Waals surface area contributed by atoms with Crippen LogP contribution in [0.25, 0.3) is 0 Å². The fourth-order valence-electron chi connectivity index (χ4n) is 1.83. The maximum Gasteiger partial charge on any atom is 0.163 e. The van der Waals surface area contributed by atoms with E-state index in [0.717, 1.165) is 24.1 Å². The van der Waals surface area contributed by atoms with Crippen LogP contribution in [0.4, 0.5) is 0 Å². The average molecular weight is 299 g/mol. The van der Waals surface area contributed by atoms with Crippen molar-refractivity contribution in [2.75, 3.05) is 19.8 Å². The minimum atomic E-state index is 0.0176. The third-order valence-corrected chi connectivity index (χ3v) is 3.31. The predicted octanol–water partition coefficient (Wildman–Crippen LogP) is 3.07. The van der Waals surface area contributed by atoms with Crippen LogP contribution in [-0.4, -0.2) is 25.6 Å². The Labute approximate surface area is 109 Å². The highest BCUT2D eigenvalue weighted by Crippen LogP contribution is 2.25. The first-order valence-electron chi connectivity index (χ1n) is 5.68. The third kappa shape index (κ3) is 3.30. The summed E-state index contributed by atoms with van der Waals surface area (Å²) in [6.07, 6.45) is 1.03. The van der Waals surface area contributed by atoms with Crippen LogP contribution >= 0.6 is 15.9 Å². The summed E-state index contributed by atoms with van der Waals surface area (Å²) >= 11 is 3.35. The summed E-state index contributed by atoms with van der Waals surface area (Å²) in [6.45, 7) is 3.73. The monoisotopic (exact) mass is 298 g/mol. The van der Waals surface area contributed by atoms with Gasteiger partial charge in [0, 0.05) is 17.0 Å². The normalized spacial score (nSPS) is 19.3. The fourth-order valence-corrected chi connectivity index (χ4v) is 2.19. The van der Waals surface area contributed by atoms with Crippen LogP contribution in [0.5, 0.6) is 5.75 Å². The van der Waals surface area contributed by atoms with Crippen LogP contribution in [0.3, 0.4) is 0 Å². The smallest absolute Gasteiger partial charge is 0.163 e. The molecule has 1 heterocycles. The van der Waals surface area contributed by atoms with E-state index in [-0.39, 0.29) is 5.78 Å². The van der Waals surface area contributed by atoms with Crippen molar-refractivity contribution in [1.82, 2.24) is 0 Å². The average Bonchev–Trinajstić information content (AvgIpc) is 2.80. The maximum absolute atomic E-state index is 11.5. The second-order valence-electron chi connectivity index (χ2n) is 4.24. The maximum atomic E-state index is 11.5. The second kappa shape index (κ2) is 5.65. The third-order valence-electron chi connectivity index (χ3n) is 2.82. The van der Waals surface area contributed by atoms with Gasteiger partial charge < -0.3 is 9.47 Å². The van der Waals surface area contributed by atoms with Crippen LogP contribution in [-0.2, 0) is 4.74 Å². The van der Waals surface area contributed by atoms with Crippen molar-refractivity contribution in [3.63, 3.8) is 0 Å². The zero-order valence-electron chi connectivity index (χ0n) is 9.74. The van der Waals surface area contributed by atoms with E-state index in [9.17, 15) is 4.79 Å². The van der Waals surface area contributed by atoms with E-state index in [1.807, 2.05) is 12.1 Å². The van der Waals surface area contributed by atoms with Gasteiger partial charge >= 0.3 is 0 Å². The van der Waals surface area contributed by atoms with Gasteiger partial charge in [0.15, 0.2) is 5.78 Å². The highest BCUT2D eigenvalue weighted by atomic mass is 79.9. The summed E-state index contributed by atoms with van der Waals surface area (Å²) in [5.74, 6) is 1.12. The highest BCUT2D eigenvalue weighted by Gasteiger charge is 2.17. The number of carbonyl (C=O) groups is 1. The van der Waals surface area contributed by atoms with Crippen molar-refractivity contribution in [3.05, 3.63) is 28.2 Å². The van der Waals surface area contributed by atoms with Crippen LogP contribution in [0.2, 0.25) is 0 Å². The Hall–Kier alpha value is -0.870. The lowest BCUT2D eigenvalue weighted by Crippen LogP contribution is -2.13. The van der Waals surface area contributed by atoms with E-state index in [1.165, 1.54) is 0 Å². The molecular formula is C13H15BrO3. The van der Waals surface area contributed by atoms with Gasteiger partial charge in [-0.3, -0.25) is 4.79 Å². The minimum absolute atomic E-state index is 0.0176. The Morgan fingerprint density at radius 1 is 1.59 bits per heavy atom. The van der Waals surface area contributed by atoms with Crippen molar-refractivity contribution in [1.29, 1.82) is 0 Å². The molecule has 1 saturated heterocycles. The molecule has 3 nitrogen and oxygen atoms in total. The molecule has 1 unspecified atom stereocenters. The quantitative estimate of drug-likeness (QED) is 0.802. The Morgan fingerprint density at radius 3 is 3.06 bits per heavy atom. The first-order chi connectivity index (χ1) is 8.16. The standard InChI is InChI=1S/C13H15BrO3/c1-9(15)12-6-11(14)2-3-13(12)17-8-10-4-5-16-7-10/h2-3,6,10H,4-5,7-8H2,1H3. The van der Waals surface area contributed by atoms with Crippen LogP contribution in [0.15, 0.2) is 22.7 Å². The van der Waals surface area contributed by atoms with Gasteiger partial charge in [0.05, 0.1) is 18.8 Å².